The molecule has 154 valence electrons. The Balaban J connectivity index is 1.49. The van der Waals surface area contributed by atoms with Crippen LogP contribution in [0.5, 0.6) is 10.8 Å². The highest BCUT2D eigenvalue weighted by molar-refractivity contribution is 7.17. The highest BCUT2D eigenvalue weighted by Crippen LogP contribution is 2.50. The van der Waals surface area contributed by atoms with Gasteiger partial charge in [0.15, 0.2) is 5.06 Å². The van der Waals surface area contributed by atoms with Crippen LogP contribution in [0.15, 0.2) is 18.3 Å². The maximum atomic E-state index is 12.3. The lowest BCUT2D eigenvalue weighted by Crippen LogP contribution is -2.28. The summed E-state index contributed by atoms with van der Waals surface area (Å²) in [7, 11) is 1.75. The third-order valence-electron chi connectivity index (χ3n) is 5.54. The Labute approximate surface area is 181 Å². The molecule has 1 fully saturated rings. The van der Waals surface area contributed by atoms with E-state index in [1.165, 1.54) is 22.9 Å². The topological polar surface area (TPSA) is 98.4 Å². The molecule has 30 heavy (non-hydrogen) atoms. The van der Waals surface area contributed by atoms with E-state index in [1.807, 2.05) is 19.2 Å². The van der Waals surface area contributed by atoms with Crippen LogP contribution in [0.1, 0.15) is 39.3 Å². The summed E-state index contributed by atoms with van der Waals surface area (Å²) in [5.74, 6) is 0.984. The number of rotatable bonds is 5. The van der Waals surface area contributed by atoms with Gasteiger partial charge in [-0.2, -0.15) is 0 Å². The van der Waals surface area contributed by atoms with Crippen LogP contribution in [-0.2, 0) is 17.6 Å². The first-order chi connectivity index (χ1) is 14.4. The SMILES string of the molecule is Cc1nc(N(C)C(=O)C2CC2)ccc1Oc1sc(C(N)=O)c2c1-c1sncc1CC2. The van der Waals surface area contributed by atoms with Gasteiger partial charge in [-0.15, -0.1) is 0 Å². The van der Waals surface area contributed by atoms with Crippen molar-refractivity contribution < 1.29 is 14.3 Å². The minimum Gasteiger partial charge on any atom is -0.444 e. The second kappa shape index (κ2) is 7.17. The summed E-state index contributed by atoms with van der Waals surface area (Å²) in [6.07, 6.45) is 5.36. The van der Waals surface area contributed by atoms with E-state index < -0.39 is 5.91 Å². The van der Waals surface area contributed by atoms with E-state index in [-0.39, 0.29) is 11.8 Å². The monoisotopic (exact) mass is 440 g/mol. The Kier molecular flexibility index (Phi) is 4.59. The minimum atomic E-state index is -0.440. The molecule has 2 N–H and O–H groups in total. The molecule has 0 atom stereocenters. The van der Waals surface area contributed by atoms with E-state index in [2.05, 4.69) is 9.36 Å². The van der Waals surface area contributed by atoms with Crippen molar-refractivity contribution in [2.75, 3.05) is 11.9 Å². The van der Waals surface area contributed by atoms with Crippen molar-refractivity contribution >= 4 is 40.5 Å². The van der Waals surface area contributed by atoms with Crippen LogP contribution in [0, 0.1) is 12.8 Å². The molecule has 2 aliphatic rings. The van der Waals surface area contributed by atoms with E-state index in [4.69, 9.17) is 10.5 Å². The highest BCUT2D eigenvalue weighted by Gasteiger charge is 2.33. The number of aromatic nitrogens is 2. The van der Waals surface area contributed by atoms with E-state index >= 15 is 0 Å². The maximum Gasteiger partial charge on any atom is 0.259 e. The Bertz CT molecular complexity index is 1180. The fourth-order valence-electron chi connectivity index (χ4n) is 3.73. The van der Waals surface area contributed by atoms with Crippen LogP contribution in [0.25, 0.3) is 10.4 Å². The molecule has 9 heteroatoms. The first-order valence-corrected chi connectivity index (χ1v) is 11.4. The zero-order valence-corrected chi connectivity index (χ0v) is 18.2. The summed E-state index contributed by atoms with van der Waals surface area (Å²) in [4.78, 5) is 32.1. The van der Waals surface area contributed by atoms with Crippen molar-refractivity contribution in [1.82, 2.24) is 9.36 Å². The van der Waals surface area contributed by atoms with Crippen molar-refractivity contribution in [3.8, 4) is 21.3 Å². The van der Waals surface area contributed by atoms with Crippen molar-refractivity contribution in [2.45, 2.75) is 32.6 Å². The average Bonchev–Trinajstić information content (AvgIpc) is 3.35. The van der Waals surface area contributed by atoms with Crippen molar-refractivity contribution in [2.24, 2.45) is 11.7 Å². The number of amides is 2. The van der Waals surface area contributed by atoms with Gasteiger partial charge in [-0.1, -0.05) is 11.3 Å². The van der Waals surface area contributed by atoms with Gasteiger partial charge >= 0.3 is 0 Å². The fraction of sp³-hybridized carbons (Fsp3) is 0.333. The molecule has 0 bridgehead atoms. The predicted octanol–water partition coefficient (Wildman–Crippen LogP) is 3.94. The molecule has 0 aliphatic heterocycles. The third kappa shape index (κ3) is 3.18. The molecule has 0 saturated heterocycles. The predicted molar refractivity (Wildman–Crippen MR) is 117 cm³/mol. The smallest absolute Gasteiger partial charge is 0.259 e. The highest BCUT2D eigenvalue weighted by atomic mass is 32.1. The van der Waals surface area contributed by atoms with E-state index in [9.17, 15) is 9.59 Å². The number of thiophene rings is 1. The molecule has 0 radical (unpaired) electrons. The Hall–Kier alpha value is -2.78. The number of ether oxygens (including phenoxy) is 1. The Morgan fingerprint density at radius 3 is 2.77 bits per heavy atom. The zero-order chi connectivity index (χ0) is 21.0. The molecule has 3 aromatic heterocycles. The largest absolute Gasteiger partial charge is 0.444 e. The number of hydrogen-bond acceptors (Lipinski definition) is 7. The lowest BCUT2D eigenvalue weighted by molar-refractivity contribution is -0.119. The third-order valence-corrected chi connectivity index (χ3v) is 7.52. The molecule has 3 aromatic rings. The van der Waals surface area contributed by atoms with Gasteiger partial charge in [-0.05, 0) is 67.4 Å². The first kappa shape index (κ1) is 19.2. The minimum absolute atomic E-state index is 0.103. The maximum absolute atomic E-state index is 12.3. The van der Waals surface area contributed by atoms with Crippen LogP contribution < -0.4 is 15.4 Å². The Morgan fingerprint density at radius 2 is 2.07 bits per heavy atom. The number of anilines is 1. The van der Waals surface area contributed by atoms with Gasteiger partial charge in [0.1, 0.15) is 11.6 Å². The summed E-state index contributed by atoms with van der Waals surface area (Å²) < 4.78 is 10.6. The van der Waals surface area contributed by atoms with E-state index in [1.54, 1.807) is 18.0 Å². The summed E-state index contributed by atoms with van der Waals surface area (Å²) in [6.45, 7) is 1.85. The molecule has 2 amide bonds. The quantitative estimate of drug-likeness (QED) is 0.648. The number of hydrogen-bond donors (Lipinski definition) is 1. The summed E-state index contributed by atoms with van der Waals surface area (Å²) in [5, 5.41) is 0.629. The first-order valence-electron chi connectivity index (χ1n) is 9.76. The van der Waals surface area contributed by atoms with Crippen molar-refractivity contribution in [3.05, 3.63) is 40.0 Å². The zero-order valence-electron chi connectivity index (χ0n) is 16.6. The molecule has 7 nitrogen and oxygen atoms in total. The second-order valence-corrected chi connectivity index (χ2v) is 9.43. The van der Waals surface area contributed by atoms with Gasteiger partial charge in [0.05, 0.1) is 21.0 Å². The Morgan fingerprint density at radius 1 is 1.27 bits per heavy atom. The van der Waals surface area contributed by atoms with Gasteiger partial charge in [0, 0.05) is 19.2 Å². The van der Waals surface area contributed by atoms with Crippen LogP contribution in [0.4, 0.5) is 5.82 Å². The van der Waals surface area contributed by atoms with Gasteiger partial charge in [-0.25, -0.2) is 9.36 Å². The number of nitrogens with two attached hydrogens (primary N) is 1. The molecule has 2 aliphatic carbocycles. The van der Waals surface area contributed by atoms with Crippen LogP contribution in [-0.4, -0.2) is 28.2 Å². The fourth-order valence-corrected chi connectivity index (χ4v) is 5.73. The summed E-state index contributed by atoms with van der Waals surface area (Å²) >= 11 is 2.68. The van der Waals surface area contributed by atoms with Crippen molar-refractivity contribution in [3.63, 3.8) is 0 Å². The molecular formula is C21H20N4O3S2. The number of aryl methyl sites for hydroxylation is 2. The molecule has 0 aromatic carbocycles. The number of primary amides is 1. The normalized spacial score (nSPS) is 14.7. The van der Waals surface area contributed by atoms with Crippen LogP contribution >= 0.6 is 22.9 Å². The van der Waals surface area contributed by atoms with Crippen molar-refractivity contribution in [1.29, 1.82) is 0 Å². The number of carbonyl (C=O) groups is 2. The molecule has 5 rings (SSSR count). The lowest BCUT2D eigenvalue weighted by Gasteiger charge is -2.18. The van der Waals surface area contributed by atoms with E-state index in [0.717, 1.165) is 47.3 Å². The molecule has 1 saturated carbocycles. The summed E-state index contributed by atoms with van der Waals surface area (Å²) in [5.41, 5.74) is 9.33. The summed E-state index contributed by atoms with van der Waals surface area (Å²) in [6, 6.07) is 3.61. The number of carbonyl (C=O) groups excluding carboxylic acids is 2. The van der Waals surface area contributed by atoms with Gasteiger partial charge in [0.25, 0.3) is 5.91 Å². The van der Waals surface area contributed by atoms with Crippen LogP contribution in [0.2, 0.25) is 0 Å². The second-order valence-electron chi connectivity index (χ2n) is 7.64. The standard InChI is InChI=1S/C21H20N4O3S2/c1-10-14(7-8-15(24-10)25(2)20(27)11-3-4-11)28-21-16-13(18(29-21)19(22)26)6-5-12-9-23-30-17(12)16/h7-9,11H,3-6H2,1-2H3,(H2,22,26). The van der Waals surface area contributed by atoms with Gasteiger partial charge < -0.3 is 10.5 Å². The van der Waals surface area contributed by atoms with Gasteiger partial charge in [0.2, 0.25) is 5.91 Å². The van der Waals surface area contributed by atoms with Crippen LogP contribution in [0.3, 0.4) is 0 Å². The molecule has 0 spiro atoms. The average molecular weight is 441 g/mol. The number of nitrogens with zero attached hydrogens (tertiary/aromatic N) is 3. The number of pyridine rings is 1. The molecule has 3 heterocycles. The number of fused-ring (bicyclic) bond motifs is 3. The van der Waals surface area contributed by atoms with Gasteiger partial charge in [-0.3, -0.25) is 14.5 Å². The lowest BCUT2D eigenvalue weighted by atomic mass is 9.93. The van der Waals surface area contributed by atoms with E-state index in [0.29, 0.717) is 27.2 Å². The molecule has 0 unspecified atom stereocenters. The molecular weight excluding hydrogens is 420 g/mol.